The van der Waals surface area contributed by atoms with Gasteiger partial charge in [-0.3, -0.25) is 4.79 Å². The summed E-state index contributed by atoms with van der Waals surface area (Å²) in [6.07, 6.45) is 0.824. The Balaban J connectivity index is 1.81. The molecular weight excluding hydrogens is 256 g/mol. The summed E-state index contributed by atoms with van der Waals surface area (Å²) in [7, 11) is 0. The van der Waals surface area contributed by atoms with E-state index in [9.17, 15) is 4.79 Å². The monoisotopic (exact) mass is 274 g/mol. The first kappa shape index (κ1) is 13.8. The van der Waals surface area contributed by atoms with Gasteiger partial charge in [0.25, 0.3) is 0 Å². The molecule has 0 aliphatic rings. The zero-order valence-electron chi connectivity index (χ0n) is 10.9. The van der Waals surface area contributed by atoms with E-state index in [0.29, 0.717) is 6.54 Å². The third-order valence-electron chi connectivity index (χ3n) is 2.93. The predicted octanol–water partition coefficient (Wildman–Crippen LogP) is 2.42. The first-order valence-electron chi connectivity index (χ1n) is 6.29. The molecule has 0 saturated heterocycles. The number of carbonyl (C=O) groups is 1. The standard InChI is InChI=1S/C15H18N2OS/c1-11-4-2-5-12(10-11)7-8-17-15(18)14(16)13-6-3-9-19-13/h2-6,9-10,14H,7-8,16H2,1H3,(H,17,18). The van der Waals surface area contributed by atoms with Crippen LogP contribution >= 0.6 is 11.3 Å². The first-order chi connectivity index (χ1) is 9.16. The second kappa shape index (κ2) is 6.50. The topological polar surface area (TPSA) is 55.1 Å². The molecule has 1 unspecified atom stereocenters. The quantitative estimate of drug-likeness (QED) is 0.879. The Morgan fingerprint density at radius 2 is 2.21 bits per heavy atom. The van der Waals surface area contributed by atoms with Crippen LogP contribution in [0.15, 0.2) is 41.8 Å². The number of nitrogens with two attached hydrogens (primary N) is 1. The van der Waals surface area contributed by atoms with Gasteiger partial charge < -0.3 is 11.1 Å². The number of aryl methyl sites for hydroxylation is 1. The van der Waals surface area contributed by atoms with Crippen molar-refractivity contribution in [3.63, 3.8) is 0 Å². The predicted molar refractivity (Wildman–Crippen MR) is 79.1 cm³/mol. The van der Waals surface area contributed by atoms with Crippen molar-refractivity contribution in [2.24, 2.45) is 5.73 Å². The highest BCUT2D eigenvalue weighted by Gasteiger charge is 2.15. The molecule has 100 valence electrons. The van der Waals surface area contributed by atoms with Crippen LogP contribution < -0.4 is 11.1 Å². The second-order valence-electron chi connectivity index (χ2n) is 4.52. The van der Waals surface area contributed by atoms with Crippen molar-refractivity contribution in [3.8, 4) is 0 Å². The summed E-state index contributed by atoms with van der Waals surface area (Å²) in [5.41, 5.74) is 8.35. The van der Waals surface area contributed by atoms with E-state index in [4.69, 9.17) is 5.73 Å². The van der Waals surface area contributed by atoms with Crippen LogP contribution in [0.3, 0.4) is 0 Å². The molecule has 3 nitrogen and oxygen atoms in total. The summed E-state index contributed by atoms with van der Waals surface area (Å²) in [5, 5.41) is 4.81. The Hall–Kier alpha value is -1.65. The molecule has 1 aromatic heterocycles. The largest absolute Gasteiger partial charge is 0.354 e. The van der Waals surface area contributed by atoms with Gasteiger partial charge >= 0.3 is 0 Å². The van der Waals surface area contributed by atoms with E-state index >= 15 is 0 Å². The number of rotatable bonds is 5. The lowest BCUT2D eigenvalue weighted by Gasteiger charge is -2.10. The molecule has 0 saturated carbocycles. The Morgan fingerprint density at radius 1 is 1.37 bits per heavy atom. The highest BCUT2D eigenvalue weighted by molar-refractivity contribution is 7.10. The lowest BCUT2D eigenvalue weighted by atomic mass is 10.1. The molecule has 2 rings (SSSR count). The molecule has 0 bridgehead atoms. The fraction of sp³-hybridized carbons (Fsp3) is 0.267. The van der Waals surface area contributed by atoms with E-state index in [2.05, 4.69) is 30.4 Å². The van der Waals surface area contributed by atoms with Crippen LogP contribution in [0, 0.1) is 6.92 Å². The fourth-order valence-corrected chi connectivity index (χ4v) is 2.63. The highest BCUT2D eigenvalue weighted by Crippen LogP contribution is 2.16. The molecule has 1 aromatic carbocycles. The number of hydrogen-bond acceptors (Lipinski definition) is 3. The van der Waals surface area contributed by atoms with E-state index in [1.165, 1.54) is 22.5 Å². The average molecular weight is 274 g/mol. The fourth-order valence-electron chi connectivity index (χ4n) is 1.91. The number of thiophene rings is 1. The lowest BCUT2D eigenvalue weighted by molar-refractivity contribution is -0.122. The molecule has 1 atom stereocenters. The summed E-state index contributed by atoms with van der Waals surface area (Å²) in [6, 6.07) is 11.5. The highest BCUT2D eigenvalue weighted by atomic mass is 32.1. The maximum atomic E-state index is 11.9. The SMILES string of the molecule is Cc1cccc(CCNC(=O)C(N)c2cccs2)c1. The van der Waals surface area contributed by atoms with Gasteiger partial charge in [-0.2, -0.15) is 0 Å². The summed E-state index contributed by atoms with van der Waals surface area (Å²) < 4.78 is 0. The Kier molecular flexibility index (Phi) is 4.71. The van der Waals surface area contributed by atoms with Gasteiger partial charge in [-0.1, -0.05) is 35.9 Å². The molecule has 1 heterocycles. The normalized spacial score (nSPS) is 12.1. The number of hydrogen-bond donors (Lipinski definition) is 2. The second-order valence-corrected chi connectivity index (χ2v) is 5.50. The molecule has 0 radical (unpaired) electrons. The van der Waals surface area contributed by atoms with Crippen LogP contribution in [0.5, 0.6) is 0 Å². The van der Waals surface area contributed by atoms with Crippen LogP contribution in [0.4, 0.5) is 0 Å². The van der Waals surface area contributed by atoms with E-state index in [1.807, 2.05) is 23.6 Å². The molecule has 1 amide bonds. The van der Waals surface area contributed by atoms with Crippen molar-refractivity contribution < 1.29 is 4.79 Å². The van der Waals surface area contributed by atoms with Gasteiger partial charge in [0.05, 0.1) is 0 Å². The minimum absolute atomic E-state index is 0.116. The molecule has 0 spiro atoms. The average Bonchev–Trinajstić information content (AvgIpc) is 2.91. The zero-order valence-corrected chi connectivity index (χ0v) is 11.7. The maximum absolute atomic E-state index is 11.9. The molecule has 0 fully saturated rings. The van der Waals surface area contributed by atoms with Gasteiger partial charge in [-0.05, 0) is 30.4 Å². The molecule has 4 heteroatoms. The Labute approximate surface area is 117 Å². The van der Waals surface area contributed by atoms with Crippen LogP contribution in [0.2, 0.25) is 0 Å². The van der Waals surface area contributed by atoms with Gasteiger partial charge in [0.2, 0.25) is 5.91 Å². The number of carbonyl (C=O) groups excluding carboxylic acids is 1. The van der Waals surface area contributed by atoms with Crippen molar-refractivity contribution in [1.82, 2.24) is 5.32 Å². The van der Waals surface area contributed by atoms with Gasteiger partial charge in [0.1, 0.15) is 6.04 Å². The molecular formula is C15H18N2OS. The minimum Gasteiger partial charge on any atom is -0.354 e. The lowest BCUT2D eigenvalue weighted by Crippen LogP contribution is -2.34. The smallest absolute Gasteiger partial charge is 0.242 e. The molecule has 3 N–H and O–H groups in total. The third-order valence-corrected chi connectivity index (χ3v) is 3.88. The molecule has 19 heavy (non-hydrogen) atoms. The van der Waals surface area contributed by atoms with Crippen LogP contribution in [-0.4, -0.2) is 12.5 Å². The molecule has 0 aliphatic heterocycles. The van der Waals surface area contributed by atoms with Gasteiger partial charge in [-0.15, -0.1) is 11.3 Å². The third kappa shape index (κ3) is 3.91. The van der Waals surface area contributed by atoms with Crippen molar-refractivity contribution in [3.05, 3.63) is 57.8 Å². The first-order valence-corrected chi connectivity index (χ1v) is 7.17. The number of amides is 1. The van der Waals surface area contributed by atoms with E-state index < -0.39 is 6.04 Å². The van der Waals surface area contributed by atoms with E-state index in [-0.39, 0.29) is 5.91 Å². The van der Waals surface area contributed by atoms with Crippen LogP contribution in [0.1, 0.15) is 22.0 Å². The van der Waals surface area contributed by atoms with Crippen LogP contribution in [0.25, 0.3) is 0 Å². The Morgan fingerprint density at radius 3 is 2.89 bits per heavy atom. The van der Waals surface area contributed by atoms with Gasteiger partial charge in [-0.25, -0.2) is 0 Å². The van der Waals surface area contributed by atoms with Crippen molar-refractivity contribution in [2.75, 3.05) is 6.54 Å². The van der Waals surface area contributed by atoms with Crippen molar-refractivity contribution in [1.29, 1.82) is 0 Å². The van der Waals surface area contributed by atoms with Crippen LogP contribution in [-0.2, 0) is 11.2 Å². The summed E-state index contributed by atoms with van der Waals surface area (Å²) in [5.74, 6) is -0.116. The molecule has 2 aromatic rings. The van der Waals surface area contributed by atoms with Gasteiger partial charge in [0.15, 0.2) is 0 Å². The Bertz CT molecular complexity index is 537. The maximum Gasteiger partial charge on any atom is 0.242 e. The summed E-state index contributed by atoms with van der Waals surface area (Å²) in [4.78, 5) is 12.8. The number of benzene rings is 1. The molecule has 0 aliphatic carbocycles. The van der Waals surface area contributed by atoms with E-state index in [0.717, 1.165) is 11.3 Å². The van der Waals surface area contributed by atoms with Crippen molar-refractivity contribution >= 4 is 17.2 Å². The number of nitrogens with one attached hydrogen (secondary N) is 1. The summed E-state index contributed by atoms with van der Waals surface area (Å²) in [6.45, 7) is 2.68. The van der Waals surface area contributed by atoms with Gasteiger partial charge in [0, 0.05) is 11.4 Å². The van der Waals surface area contributed by atoms with E-state index in [1.54, 1.807) is 0 Å². The minimum atomic E-state index is -0.558. The zero-order chi connectivity index (χ0) is 13.7. The summed E-state index contributed by atoms with van der Waals surface area (Å²) >= 11 is 1.51. The van der Waals surface area contributed by atoms with Crippen molar-refractivity contribution in [2.45, 2.75) is 19.4 Å².